The Balaban J connectivity index is 1.78. The number of nitro groups is 1. The van der Waals surface area contributed by atoms with Crippen LogP contribution in [0.15, 0.2) is 86.6 Å². The number of hydrogen-bond acceptors (Lipinski definition) is 6. The first-order valence-corrected chi connectivity index (χ1v) is 10.7. The third kappa shape index (κ3) is 4.38. The van der Waals surface area contributed by atoms with Gasteiger partial charge >= 0.3 is 0 Å². The van der Waals surface area contributed by atoms with E-state index in [-0.39, 0.29) is 5.69 Å². The van der Waals surface area contributed by atoms with Crippen LogP contribution in [0.25, 0.3) is 11.3 Å². The standard InChI is InChI=1S/C20H13BrClN5O2S/c21-17-11-16(27(28)29)12-23-19(17)30-20-25-24-18(13-5-4-6-14(22)10-9-13)26(20)15-7-2-1-3-8-15/h1-3,5-12H,4H2. The third-order valence-corrected chi connectivity index (χ3v) is 6.28. The van der Waals surface area contributed by atoms with Crippen LogP contribution < -0.4 is 0 Å². The van der Waals surface area contributed by atoms with Gasteiger partial charge in [0, 0.05) is 22.4 Å². The molecule has 2 heterocycles. The van der Waals surface area contributed by atoms with Crippen LogP contribution in [-0.2, 0) is 0 Å². The fourth-order valence-electron chi connectivity index (χ4n) is 2.78. The number of pyridine rings is 1. The Labute approximate surface area is 189 Å². The second kappa shape index (κ2) is 8.95. The largest absolute Gasteiger partial charge is 0.288 e. The molecule has 0 unspecified atom stereocenters. The fraction of sp³-hybridized carbons (Fsp3) is 0.0500. The van der Waals surface area contributed by atoms with E-state index in [1.165, 1.54) is 24.0 Å². The number of allylic oxidation sites excluding steroid dienone is 6. The lowest BCUT2D eigenvalue weighted by atomic mass is 10.2. The molecule has 0 saturated carbocycles. The van der Waals surface area contributed by atoms with Crippen molar-refractivity contribution in [3.05, 3.63) is 92.3 Å². The minimum Gasteiger partial charge on any atom is -0.270 e. The topological polar surface area (TPSA) is 86.7 Å². The molecule has 0 spiro atoms. The van der Waals surface area contributed by atoms with E-state index in [1.54, 1.807) is 0 Å². The van der Waals surface area contributed by atoms with Gasteiger partial charge in [-0.25, -0.2) is 4.98 Å². The Bertz CT molecular complexity index is 1210. The number of benzene rings is 1. The molecule has 7 nitrogen and oxygen atoms in total. The summed E-state index contributed by atoms with van der Waals surface area (Å²) in [5.41, 5.74) is 1.69. The molecule has 0 saturated heterocycles. The lowest BCUT2D eigenvalue weighted by Gasteiger charge is -2.11. The van der Waals surface area contributed by atoms with Crippen molar-refractivity contribution in [1.29, 1.82) is 0 Å². The molecular formula is C20H13BrClN5O2S. The second-order valence-corrected chi connectivity index (χ2v) is 8.38. The third-order valence-electron chi connectivity index (χ3n) is 4.17. The van der Waals surface area contributed by atoms with E-state index in [0.717, 1.165) is 11.3 Å². The summed E-state index contributed by atoms with van der Waals surface area (Å²) >= 11 is 10.8. The van der Waals surface area contributed by atoms with Crippen LogP contribution >= 0.6 is 39.3 Å². The van der Waals surface area contributed by atoms with Crippen molar-refractivity contribution >= 4 is 50.6 Å². The van der Waals surface area contributed by atoms with Crippen LogP contribution in [0.3, 0.4) is 0 Å². The molecule has 150 valence electrons. The summed E-state index contributed by atoms with van der Waals surface area (Å²) in [5.74, 6) is 0.665. The van der Waals surface area contributed by atoms with Gasteiger partial charge in [0.1, 0.15) is 11.2 Å². The van der Waals surface area contributed by atoms with Gasteiger partial charge in [-0.1, -0.05) is 48.0 Å². The van der Waals surface area contributed by atoms with Crippen molar-refractivity contribution in [2.45, 2.75) is 16.6 Å². The first kappa shape index (κ1) is 20.5. The van der Waals surface area contributed by atoms with Gasteiger partial charge in [0.2, 0.25) is 5.16 Å². The van der Waals surface area contributed by atoms with Gasteiger partial charge in [0.05, 0.1) is 9.40 Å². The molecule has 1 aliphatic rings. The smallest absolute Gasteiger partial charge is 0.270 e. The molecule has 0 amide bonds. The molecule has 0 N–H and O–H groups in total. The number of halogens is 2. The molecule has 0 atom stereocenters. The lowest BCUT2D eigenvalue weighted by Crippen LogP contribution is -2.02. The molecule has 2 aromatic heterocycles. The Hall–Kier alpha value is -2.75. The summed E-state index contributed by atoms with van der Waals surface area (Å²) in [5, 5.41) is 21.5. The van der Waals surface area contributed by atoms with Crippen LogP contribution in [0.1, 0.15) is 12.2 Å². The van der Waals surface area contributed by atoms with E-state index in [9.17, 15) is 10.1 Å². The number of aromatic nitrogens is 4. The lowest BCUT2D eigenvalue weighted by molar-refractivity contribution is -0.385. The van der Waals surface area contributed by atoms with Gasteiger partial charge < -0.3 is 0 Å². The predicted octanol–water partition coefficient (Wildman–Crippen LogP) is 5.95. The Morgan fingerprint density at radius 3 is 2.70 bits per heavy atom. The molecule has 3 aromatic rings. The van der Waals surface area contributed by atoms with Crippen LogP contribution in [0.4, 0.5) is 5.69 Å². The Morgan fingerprint density at radius 1 is 1.17 bits per heavy atom. The van der Waals surface area contributed by atoms with Gasteiger partial charge in [-0.15, -0.1) is 10.2 Å². The average molecular weight is 503 g/mol. The molecule has 0 bridgehead atoms. The van der Waals surface area contributed by atoms with Crippen molar-refractivity contribution < 1.29 is 4.92 Å². The van der Waals surface area contributed by atoms with Crippen molar-refractivity contribution in [1.82, 2.24) is 19.7 Å². The summed E-state index contributed by atoms with van der Waals surface area (Å²) in [6, 6.07) is 11.1. The molecule has 30 heavy (non-hydrogen) atoms. The summed E-state index contributed by atoms with van der Waals surface area (Å²) in [7, 11) is 0. The zero-order valence-electron chi connectivity index (χ0n) is 15.3. The quantitative estimate of drug-likeness (QED) is 0.316. The van der Waals surface area contributed by atoms with Gasteiger partial charge in [-0.05, 0) is 52.3 Å². The minimum atomic E-state index is -0.485. The van der Waals surface area contributed by atoms with Crippen molar-refractivity contribution in [3.8, 4) is 5.69 Å². The maximum Gasteiger partial charge on any atom is 0.288 e. The first-order valence-electron chi connectivity index (χ1n) is 8.76. The summed E-state index contributed by atoms with van der Waals surface area (Å²) in [6.45, 7) is 0. The highest BCUT2D eigenvalue weighted by Crippen LogP contribution is 2.35. The minimum absolute atomic E-state index is 0.0884. The number of para-hydroxylation sites is 1. The molecule has 0 fully saturated rings. The predicted molar refractivity (Wildman–Crippen MR) is 120 cm³/mol. The van der Waals surface area contributed by atoms with E-state index in [1.807, 2.05) is 59.2 Å². The first-order chi connectivity index (χ1) is 14.5. The molecule has 1 aliphatic carbocycles. The molecule has 0 aliphatic heterocycles. The Morgan fingerprint density at radius 2 is 1.97 bits per heavy atom. The highest BCUT2D eigenvalue weighted by Gasteiger charge is 2.20. The zero-order valence-corrected chi connectivity index (χ0v) is 18.4. The summed E-state index contributed by atoms with van der Waals surface area (Å²) in [6.07, 6.45) is 9.59. The van der Waals surface area contributed by atoms with E-state index >= 15 is 0 Å². The SMILES string of the molecule is O=[N+]([O-])c1cnc(Sc2nnc(C3=CCC=C(Cl)C=C3)n2-c2ccccc2)c(Br)c1. The zero-order chi connectivity index (χ0) is 21.1. The molecule has 0 radical (unpaired) electrons. The van der Waals surface area contributed by atoms with Gasteiger partial charge in [-0.2, -0.15) is 0 Å². The highest BCUT2D eigenvalue weighted by molar-refractivity contribution is 9.10. The van der Waals surface area contributed by atoms with Gasteiger partial charge in [0.15, 0.2) is 5.82 Å². The number of nitrogens with zero attached hydrogens (tertiary/aromatic N) is 5. The van der Waals surface area contributed by atoms with Crippen LogP contribution in [0.2, 0.25) is 0 Å². The normalized spacial score (nSPS) is 13.5. The van der Waals surface area contributed by atoms with Crippen molar-refractivity contribution in [3.63, 3.8) is 0 Å². The monoisotopic (exact) mass is 501 g/mol. The van der Waals surface area contributed by atoms with E-state index in [2.05, 4.69) is 31.1 Å². The van der Waals surface area contributed by atoms with Gasteiger partial charge in [-0.3, -0.25) is 14.7 Å². The maximum absolute atomic E-state index is 11.0. The molecular weight excluding hydrogens is 490 g/mol. The van der Waals surface area contributed by atoms with Crippen molar-refractivity contribution in [2.75, 3.05) is 0 Å². The molecule has 10 heteroatoms. The second-order valence-electron chi connectivity index (χ2n) is 6.13. The van der Waals surface area contributed by atoms with Crippen LogP contribution in [0, 0.1) is 10.1 Å². The highest BCUT2D eigenvalue weighted by atomic mass is 79.9. The fourth-order valence-corrected chi connectivity index (χ4v) is 4.31. The van der Waals surface area contributed by atoms with E-state index in [4.69, 9.17) is 11.6 Å². The summed E-state index contributed by atoms with van der Waals surface area (Å²) < 4.78 is 2.44. The van der Waals surface area contributed by atoms with E-state index in [0.29, 0.717) is 31.9 Å². The average Bonchev–Trinajstić information content (AvgIpc) is 3.03. The number of hydrogen-bond donors (Lipinski definition) is 0. The number of rotatable bonds is 5. The van der Waals surface area contributed by atoms with Gasteiger partial charge in [0.25, 0.3) is 5.69 Å². The molecule has 4 rings (SSSR count). The Kier molecular flexibility index (Phi) is 6.12. The van der Waals surface area contributed by atoms with Crippen LogP contribution in [0.5, 0.6) is 0 Å². The summed E-state index contributed by atoms with van der Waals surface area (Å²) in [4.78, 5) is 14.7. The van der Waals surface area contributed by atoms with Crippen LogP contribution in [-0.4, -0.2) is 24.7 Å². The molecule has 1 aromatic carbocycles. The van der Waals surface area contributed by atoms with Crippen molar-refractivity contribution in [2.24, 2.45) is 0 Å². The maximum atomic E-state index is 11.0. The van der Waals surface area contributed by atoms with E-state index < -0.39 is 4.92 Å².